The minimum Gasteiger partial charge on any atom is -0.444 e. The van der Waals surface area contributed by atoms with Gasteiger partial charge in [0.2, 0.25) is 17.7 Å². The number of ether oxygens (including phenoxy) is 1. The largest absolute Gasteiger partial charge is 0.444 e. The van der Waals surface area contributed by atoms with Gasteiger partial charge in [0.15, 0.2) is 0 Å². The molecule has 3 aromatic rings. The Balaban J connectivity index is 1.33. The third-order valence-corrected chi connectivity index (χ3v) is 9.65. The van der Waals surface area contributed by atoms with Crippen LogP contribution in [0.15, 0.2) is 66.7 Å². The van der Waals surface area contributed by atoms with Gasteiger partial charge in [-0.05, 0) is 80.5 Å². The average molecular weight is 688 g/mol. The molecule has 268 valence electrons. The zero-order chi connectivity index (χ0) is 36.0. The Labute approximate surface area is 294 Å². The maximum absolute atomic E-state index is 14.4. The van der Waals surface area contributed by atoms with E-state index in [4.69, 9.17) is 4.74 Å². The van der Waals surface area contributed by atoms with E-state index >= 15 is 0 Å². The summed E-state index contributed by atoms with van der Waals surface area (Å²) in [6.07, 6.45) is 1.85. The molecule has 2 heterocycles. The van der Waals surface area contributed by atoms with E-state index in [0.29, 0.717) is 57.4 Å². The van der Waals surface area contributed by atoms with E-state index in [2.05, 4.69) is 45.9 Å². The van der Waals surface area contributed by atoms with E-state index in [0.717, 1.165) is 16.3 Å². The van der Waals surface area contributed by atoms with Gasteiger partial charge in [-0.25, -0.2) is 9.18 Å². The monoisotopic (exact) mass is 687 g/mol. The van der Waals surface area contributed by atoms with Gasteiger partial charge in [0.25, 0.3) is 0 Å². The van der Waals surface area contributed by atoms with Crippen LogP contribution < -0.4 is 10.6 Å². The summed E-state index contributed by atoms with van der Waals surface area (Å²) >= 11 is 0. The van der Waals surface area contributed by atoms with Crippen molar-refractivity contribution >= 4 is 34.6 Å². The fourth-order valence-electron chi connectivity index (χ4n) is 7.05. The highest BCUT2D eigenvalue weighted by molar-refractivity contribution is 5.92. The van der Waals surface area contributed by atoms with Gasteiger partial charge in [-0.3, -0.25) is 24.2 Å². The number of benzene rings is 3. The van der Waals surface area contributed by atoms with E-state index in [1.165, 1.54) is 17.0 Å². The predicted octanol–water partition coefficient (Wildman–Crippen LogP) is 4.69. The quantitative estimate of drug-likeness (QED) is 0.320. The van der Waals surface area contributed by atoms with Crippen LogP contribution in [-0.2, 0) is 32.0 Å². The Morgan fingerprint density at radius 2 is 1.60 bits per heavy atom. The fourth-order valence-corrected chi connectivity index (χ4v) is 7.05. The molecule has 2 aliphatic rings. The van der Waals surface area contributed by atoms with Crippen LogP contribution >= 0.6 is 0 Å². The van der Waals surface area contributed by atoms with Crippen LogP contribution in [0.3, 0.4) is 0 Å². The van der Waals surface area contributed by atoms with E-state index in [1.807, 2.05) is 24.0 Å². The number of carbonyl (C=O) groups is 4. The van der Waals surface area contributed by atoms with Crippen molar-refractivity contribution in [2.75, 3.05) is 33.2 Å². The normalized spacial score (nSPS) is 19.6. The summed E-state index contributed by atoms with van der Waals surface area (Å²) < 4.78 is 19.3. The first-order valence-electron chi connectivity index (χ1n) is 17.6. The molecule has 0 aliphatic carbocycles. The minimum atomic E-state index is -0.943. The molecule has 2 fully saturated rings. The van der Waals surface area contributed by atoms with Gasteiger partial charge >= 0.3 is 6.09 Å². The zero-order valence-corrected chi connectivity index (χ0v) is 29.8. The topological polar surface area (TPSA) is 111 Å². The molecule has 0 aromatic heterocycles. The number of halogens is 1. The lowest BCUT2D eigenvalue weighted by molar-refractivity contribution is -0.142. The van der Waals surface area contributed by atoms with Crippen molar-refractivity contribution in [3.8, 4) is 0 Å². The first-order valence-corrected chi connectivity index (χ1v) is 17.6. The Hall–Kier alpha value is -4.51. The smallest absolute Gasteiger partial charge is 0.410 e. The van der Waals surface area contributed by atoms with E-state index in [1.54, 1.807) is 40.0 Å². The van der Waals surface area contributed by atoms with Crippen molar-refractivity contribution in [1.82, 2.24) is 25.3 Å². The summed E-state index contributed by atoms with van der Waals surface area (Å²) in [5.74, 6) is -1.14. The lowest BCUT2D eigenvalue weighted by atomic mass is 9.97. The van der Waals surface area contributed by atoms with Gasteiger partial charge in [-0.15, -0.1) is 0 Å². The molecule has 2 N–H and O–H groups in total. The molecular formula is C39H50FN5O5. The molecule has 2 saturated heterocycles. The van der Waals surface area contributed by atoms with Gasteiger partial charge in [0.1, 0.15) is 23.5 Å². The Kier molecular flexibility index (Phi) is 11.8. The molecule has 11 heteroatoms. The standard InChI is InChI=1S/C39H50FN5O5/c1-6-31-25-43(34(35(46)41-5)24-27-13-16-28-10-7-8-11-29(28)22-27)20-21-44(31)37(48)32(23-26-14-17-30(40)18-15-26)42-36(47)33-12-9-19-45(33)38(49)50-39(2,3)4/h7-8,10-11,13-18,22,31-34H,6,9,12,19-21,23-25H2,1-5H3,(H,41,46)(H,42,47). The van der Waals surface area contributed by atoms with Crippen LogP contribution in [-0.4, -0.2) is 102 Å². The fraction of sp³-hybridized carbons (Fsp3) is 0.487. The predicted molar refractivity (Wildman–Crippen MR) is 191 cm³/mol. The van der Waals surface area contributed by atoms with Crippen LogP contribution in [0.25, 0.3) is 10.8 Å². The van der Waals surface area contributed by atoms with Crippen LogP contribution in [0, 0.1) is 5.82 Å². The Morgan fingerprint density at radius 1 is 0.900 bits per heavy atom. The number of nitrogens with zero attached hydrogens (tertiary/aromatic N) is 3. The number of carbonyl (C=O) groups excluding carboxylic acids is 4. The number of piperazine rings is 1. The molecule has 4 amide bonds. The highest BCUT2D eigenvalue weighted by Crippen LogP contribution is 2.24. The number of hydrogen-bond acceptors (Lipinski definition) is 6. The number of fused-ring (bicyclic) bond motifs is 1. The van der Waals surface area contributed by atoms with E-state index in [-0.39, 0.29) is 24.3 Å². The van der Waals surface area contributed by atoms with E-state index < -0.39 is 41.5 Å². The number of nitrogens with one attached hydrogen (secondary N) is 2. The van der Waals surface area contributed by atoms with Gasteiger partial charge in [0, 0.05) is 45.7 Å². The number of likely N-dealkylation sites (tertiary alicyclic amines) is 1. The maximum Gasteiger partial charge on any atom is 0.410 e. The van der Waals surface area contributed by atoms with Crippen molar-refractivity contribution in [3.63, 3.8) is 0 Å². The third-order valence-electron chi connectivity index (χ3n) is 9.65. The Morgan fingerprint density at radius 3 is 2.28 bits per heavy atom. The summed E-state index contributed by atoms with van der Waals surface area (Å²) in [7, 11) is 1.64. The van der Waals surface area contributed by atoms with Gasteiger partial charge < -0.3 is 20.3 Å². The molecule has 0 saturated carbocycles. The van der Waals surface area contributed by atoms with Crippen molar-refractivity contribution in [3.05, 3.63) is 83.7 Å². The average Bonchev–Trinajstić information content (AvgIpc) is 3.60. The molecule has 0 bridgehead atoms. The van der Waals surface area contributed by atoms with Crippen LogP contribution in [0.2, 0.25) is 0 Å². The molecule has 2 aliphatic heterocycles. The maximum atomic E-state index is 14.4. The van der Waals surface area contributed by atoms with Gasteiger partial charge in [-0.2, -0.15) is 0 Å². The second-order valence-electron chi connectivity index (χ2n) is 14.3. The highest BCUT2D eigenvalue weighted by Gasteiger charge is 2.41. The van der Waals surface area contributed by atoms with Gasteiger partial charge in [0.05, 0.1) is 6.04 Å². The van der Waals surface area contributed by atoms with Crippen molar-refractivity contribution < 1.29 is 28.3 Å². The molecule has 4 unspecified atom stereocenters. The van der Waals surface area contributed by atoms with Crippen LogP contribution in [0.1, 0.15) is 58.1 Å². The van der Waals surface area contributed by atoms with Crippen LogP contribution in [0.4, 0.5) is 9.18 Å². The van der Waals surface area contributed by atoms with Gasteiger partial charge in [-0.1, -0.05) is 61.5 Å². The number of amides is 4. The molecule has 10 nitrogen and oxygen atoms in total. The summed E-state index contributed by atoms with van der Waals surface area (Å²) in [6, 6.07) is 17.9. The molecule has 3 aromatic carbocycles. The second-order valence-corrected chi connectivity index (χ2v) is 14.3. The lowest BCUT2D eigenvalue weighted by Gasteiger charge is -2.45. The molecule has 4 atom stereocenters. The Bertz CT molecular complexity index is 1680. The number of rotatable bonds is 10. The summed E-state index contributed by atoms with van der Waals surface area (Å²) in [4.78, 5) is 59.8. The molecule has 5 rings (SSSR count). The van der Waals surface area contributed by atoms with Crippen molar-refractivity contribution in [2.45, 2.75) is 89.6 Å². The summed E-state index contributed by atoms with van der Waals surface area (Å²) in [5.41, 5.74) is 1.03. The van der Waals surface area contributed by atoms with E-state index in [9.17, 15) is 23.6 Å². The summed E-state index contributed by atoms with van der Waals surface area (Å²) in [6.45, 7) is 9.05. The number of likely N-dealkylation sites (N-methyl/N-ethyl adjacent to an activating group) is 1. The SMILES string of the molecule is CCC1CN(C(Cc2ccc3ccccc3c2)C(=O)NC)CCN1C(=O)C(Cc1ccc(F)cc1)NC(=O)C1CCCN1C(=O)OC(C)(C)C. The molecule has 0 radical (unpaired) electrons. The number of hydrogen-bond donors (Lipinski definition) is 2. The summed E-state index contributed by atoms with van der Waals surface area (Å²) in [5, 5.41) is 8.06. The third kappa shape index (κ3) is 8.98. The first-order chi connectivity index (χ1) is 23.9. The molecular weight excluding hydrogens is 637 g/mol. The highest BCUT2D eigenvalue weighted by atomic mass is 19.1. The van der Waals surface area contributed by atoms with Crippen LogP contribution in [0.5, 0.6) is 0 Å². The van der Waals surface area contributed by atoms with Crippen molar-refractivity contribution in [1.29, 1.82) is 0 Å². The zero-order valence-electron chi connectivity index (χ0n) is 29.8. The second kappa shape index (κ2) is 16.0. The lowest BCUT2D eigenvalue weighted by Crippen LogP contribution is -2.63. The minimum absolute atomic E-state index is 0.0830. The van der Waals surface area contributed by atoms with Crippen molar-refractivity contribution in [2.24, 2.45) is 0 Å². The molecule has 50 heavy (non-hydrogen) atoms. The first kappa shape index (κ1) is 36.8. The molecule has 0 spiro atoms.